The number of anilines is 1. The van der Waals surface area contributed by atoms with Crippen LogP contribution in [0.2, 0.25) is 0 Å². The molecule has 27 heavy (non-hydrogen) atoms. The van der Waals surface area contributed by atoms with E-state index in [2.05, 4.69) is 26.7 Å². The van der Waals surface area contributed by atoms with Gasteiger partial charge in [-0.3, -0.25) is 14.8 Å². The summed E-state index contributed by atoms with van der Waals surface area (Å²) in [7, 11) is 0. The summed E-state index contributed by atoms with van der Waals surface area (Å²) in [5.41, 5.74) is 3.83. The van der Waals surface area contributed by atoms with Crippen molar-refractivity contribution < 1.29 is 9.18 Å². The second kappa shape index (κ2) is 7.47. The van der Waals surface area contributed by atoms with Crippen molar-refractivity contribution in [2.45, 2.75) is 0 Å². The predicted octanol–water partition coefficient (Wildman–Crippen LogP) is 5.26. The van der Waals surface area contributed by atoms with Gasteiger partial charge >= 0.3 is 0 Å². The maximum absolute atomic E-state index is 13.3. The zero-order chi connectivity index (χ0) is 18.6. The number of halogens is 1. The number of nitrogens with one attached hydrogen (secondary N) is 1. The van der Waals surface area contributed by atoms with Crippen molar-refractivity contribution in [2.75, 3.05) is 5.32 Å². The quantitative estimate of drug-likeness (QED) is 0.529. The van der Waals surface area contributed by atoms with Crippen LogP contribution >= 0.6 is 11.3 Å². The Morgan fingerprint density at radius 3 is 2.63 bits per heavy atom. The van der Waals surface area contributed by atoms with Crippen LogP contribution in [0.3, 0.4) is 0 Å². The molecular formula is C21H14FN3OS. The fraction of sp³-hybridized carbons (Fsp3) is 0. The Bertz CT molecular complexity index is 1100. The maximum atomic E-state index is 13.3. The second-order valence-corrected chi connectivity index (χ2v) is 6.78. The van der Waals surface area contributed by atoms with Crippen LogP contribution in [-0.2, 0) is 0 Å². The summed E-state index contributed by atoms with van der Waals surface area (Å²) in [5, 5.41) is 4.82. The normalized spacial score (nSPS) is 10.6. The molecule has 0 saturated carbocycles. The molecule has 0 aliphatic carbocycles. The van der Waals surface area contributed by atoms with Gasteiger partial charge in [0.15, 0.2) is 0 Å². The van der Waals surface area contributed by atoms with Crippen molar-refractivity contribution in [2.24, 2.45) is 0 Å². The number of hydrogen-bond acceptors (Lipinski definition) is 4. The van der Waals surface area contributed by atoms with E-state index in [1.54, 1.807) is 36.0 Å². The lowest BCUT2D eigenvalue weighted by atomic mass is 10.1. The minimum atomic E-state index is -0.448. The van der Waals surface area contributed by atoms with Crippen molar-refractivity contribution in [3.63, 3.8) is 0 Å². The zero-order valence-corrected chi connectivity index (χ0v) is 14.9. The Labute approximate surface area is 159 Å². The minimum Gasteiger partial charge on any atom is -0.321 e. The largest absolute Gasteiger partial charge is 0.321 e. The summed E-state index contributed by atoms with van der Waals surface area (Å²) in [6, 6.07) is 13.4. The number of benzene rings is 1. The fourth-order valence-electron chi connectivity index (χ4n) is 2.65. The first-order chi connectivity index (χ1) is 13.2. The van der Waals surface area contributed by atoms with Gasteiger partial charge in [0, 0.05) is 40.2 Å². The molecule has 0 radical (unpaired) electrons. The van der Waals surface area contributed by atoms with Crippen LogP contribution in [0.25, 0.3) is 21.6 Å². The third kappa shape index (κ3) is 3.91. The van der Waals surface area contributed by atoms with Gasteiger partial charge in [-0.15, -0.1) is 11.3 Å². The van der Waals surface area contributed by atoms with Crippen molar-refractivity contribution >= 4 is 22.9 Å². The van der Waals surface area contributed by atoms with E-state index in [-0.39, 0.29) is 11.5 Å². The van der Waals surface area contributed by atoms with Crippen molar-refractivity contribution in [3.8, 4) is 21.6 Å². The maximum Gasteiger partial charge on any atom is 0.255 e. The monoisotopic (exact) mass is 375 g/mol. The molecular weight excluding hydrogens is 361 g/mol. The highest BCUT2D eigenvalue weighted by molar-refractivity contribution is 7.14. The molecule has 6 heteroatoms. The smallest absolute Gasteiger partial charge is 0.255 e. The SMILES string of the molecule is O=C(Nc1cncc(-c2cc(-c3cccnc3)cs2)c1)c1cccc(F)c1. The van der Waals surface area contributed by atoms with E-state index < -0.39 is 5.82 Å². The number of nitrogens with zero attached hydrogens (tertiary/aromatic N) is 2. The molecule has 1 aromatic carbocycles. The Morgan fingerprint density at radius 2 is 1.81 bits per heavy atom. The average molecular weight is 375 g/mol. The van der Waals surface area contributed by atoms with Crippen LogP contribution in [0.1, 0.15) is 10.4 Å². The van der Waals surface area contributed by atoms with Crippen LogP contribution in [0.15, 0.2) is 78.7 Å². The average Bonchev–Trinajstić information content (AvgIpc) is 3.19. The van der Waals surface area contributed by atoms with Gasteiger partial charge in [0.1, 0.15) is 5.82 Å². The van der Waals surface area contributed by atoms with E-state index in [0.29, 0.717) is 5.69 Å². The van der Waals surface area contributed by atoms with E-state index in [0.717, 1.165) is 21.6 Å². The summed E-state index contributed by atoms with van der Waals surface area (Å²) in [6.07, 6.45) is 6.87. The highest BCUT2D eigenvalue weighted by atomic mass is 32.1. The highest BCUT2D eigenvalue weighted by Gasteiger charge is 2.10. The second-order valence-electron chi connectivity index (χ2n) is 5.87. The zero-order valence-electron chi connectivity index (χ0n) is 14.1. The number of thiophene rings is 1. The van der Waals surface area contributed by atoms with Crippen molar-refractivity contribution in [1.29, 1.82) is 0 Å². The molecule has 4 rings (SSSR count). The van der Waals surface area contributed by atoms with Gasteiger partial charge in [-0.2, -0.15) is 0 Å². The number of carbonyl (C=O) groups is 1. The first-order valence-corrected chi connectivity index (χ1v) is 9.08. The van der Waals surface area contributed by atoms with E-state index in [4.69, 9.17) is 0 Å². The Kier molecular flexibility index (Phi) is 4.72. The first-order valence-electron chi connectivity index (χ1n) is 8.20. The van der Waals surface area contributed by atoms with Gasteiger partial charge < -0.3 is 5.32 Å². The fourth-order valence-corrected chi connectivity index (χ4v) is 3.55. The lowest BCUT2D eigenvalue weighted by molar-refractivity contribution is 0.102. The van der Waals surface area contributed by atoms with Gasteiger partial charge in [0.25, 0.3) is 5.91 Å². The highest BCUT2D eigenvalue weighted by Crippen LogP contribution is 2.32. The number of rotatable bonds is 4. The van der Waals surface area contributed by atoms with E-state index in [1.807, 2.05) is 24.4 Å². The number of aromatic nitrogens is 2. The van der Waals surface area contributed by atoms with Crippen LogP contribution in [0.5, 0.6) is 0 Å². The van der Waals surface area contributed by atoms with Crippen LogP contribution in [0.4, 0.5) is 10.1 Å². The number of carbonyl (C=O) groups excluding carboxylic acids is 1. The van der Waals surface area contributed by atoms with Crippen molar-refractivity contribution in [1.82, 2.24) is 9.97 Å². The Hall–Kier alpha value is -3.38. The van der Waals surface area contributed by atoms with Crippen LogP contribution in [0, 0.1) is 5.82 Å². The Balaban J connectivity index is 1.56. The topological polar surface area (TPSA) is 54.9 Å². The molecule has 0 fully saturated rings. The molecule has 4 aromatic rings. The molecule has 1 amide bonds. The molecule has 0 spiro atoms. The molecule has 3 aromatic heterocycles. The molecule has 0 unspecified atom stereocenters. The number of pyridine rings is 2. The summed E-state index contributed by atoms with van der Waals surface area (Å²) in [4.78, 5) is 21.7. The van der Waals surface area contributed by atoms with Gasteiger partial charge in [-0.05, 0) is 47.3 Å². The number of hydrogen-bond donors (Lipinski definition) is 1. The third-order valence-corrected chi connectivity index (χ3v) is 4.94. The van der Waals surface area contributed by atoms with Gasteiger partial charge in [-0.1, -0.05) is 12.1 Å². The molecule has 0 atom stereocenters. The van der Waals surface area contributed by atoms with Gasteiger partial charge in [-0.25, -0.2) is 4.39 Å². The van der Waals surface area contributed by atoms with Crippen molar-refractivity contribution in [3.05, 3.63) is 90.1 Å². The van der Waals surface area contributed by atoms with Crippen LogP contribution < -0.4 is 5.32 Å². The lowest BCUT2D eigenvalue weighted by Gasteiger charge is -2.06. The number of amides is 1. The third-order valence-electron chi connectivity index (χ3n) is 3.96. The Morgan fingerprint density at radius 1 is 0.926 bits per heavy atom. The molecule has 132 valence electrons. The lowest BCUT2D eigenvalue weighted by Crippen LogP contribution is -2.12. The molecule has 0 bridgehead atoms. The van der Waals surface area contributed by atoms with E-state index in [9.17, 15) is 9.18 Å². The molecule has 0 aliphatic rings. The summed E-state index contributed by atoms with van der Waals surface area (Å²) >= 11 is 1.59. The summed E-state index contributed by atoms with van der Waals surface area (Å²) < 4.78 is 13.3. The molecule has 3 heterocycles. The summed E-state index contributed by atoms with van der Waals surface area (Å²) in [5.74, 6) is -0.827. The van der Waals surface area contributed by atoms with Gasteiger partial charge in [0.05, 0.1) is 11.9 Å². The predicted molar refractivity (Wildman–Crippen MR) is 105 cm³/mol. The molecule has 0 saturated heterocycles. The minimum absolute atomic E-state index is 0.260. The molecule has 4 nitrogen and oxygen atoms in total. The van der Waals surface area contributed by atoms with E-state index in [1.165, 1.54) is 18.2 Å². The van der Waals surface area contributed by atoms with Crippen LogP contribution in [-0.4, -0.2) is 15.9 Å². The van der Waals surface area contributed by atoms with Gasteiger partial charge in [0.2, 0.25) is 0 Å². The standard InChI is InChI=1S/C21H14FN3OS/c22-18-5-1-3-14(7-18)21(26)25-19-8-16(11-24-12-19)20-9-17(13-27-20)15-4-2-6-23-10-15/h1-13H,(H,25,26). The summed E-state index contributed by atoms with van der Waals surface area (Å²) in [6.45, 7) is 0. The van der Waals surface area contributed by atoms with E-state index >= 15 is 0 Å². The molecule has 1 N–H and O–H groups in total. The first kappa shape index (κ1) is 17.1. The molecule has 0 aliphatic heterocycles.